The highest BCUT2D eigenvalue weighted by molar-refractivity contribution is 5.95. The molecule has 5 rings (SSSR count). The van der Waals surface area contributed by atoms with Crippen LogP contribution >= 0.6 is 0 Å². The van der Waals surface area contributed by atoms with Crippen LogP contribution in [0, 0.1) is 6.92 Å². The van der Waals surface area contributed by atoms with Gasteiger partial charge in [0.15, 0.2) is 0 Å². The molecule has 0 unspecified atom stereocenters. The van der Waals surface area contributed by atoms with Gasteiger partial charge in [-0.25, -0.2) is 4.98 Å². The van der Waals surface area contributed by atoms with Gasteiger partial charge >= 0.3 is 0 Å². The lowest BCUT2D eigenvalue weighted by molar-refractivity contribution is 0.0827. The Balaban J connectivity index is 1.36. The van der Waals surface area contributed by atoms with Crippen LogP contribution in [-0.4, -0.2) is 57.3 Å². The predicted molar refractivity (Wildman–Crippen MR) is 150 cm³/mol. The molecule has 4 aromatic rings. The topological polar surface area (TPSA) is 80.3 Å². The quantitative estimate of drug-likeness (QED) is 0.413. The van der Waals surface area contributed by atoms with Gasteiger partial charge in [0.1, 0.15) is 5.65 Å². The summed E-state index contributed by atoms with van der Waals surface area (Å²) < 4.78 is 47.4. The lowest BCUT2D eigenvalue weighted by Gasteiger charge is -2.32. The monoisotopic (exact) mass is 500 g/mol. The highest BCUT2D eigenvalue weighted by atomic mass is 16.2. The minimum Gasteiger partial charge on any atom is -0.397 e. The minimum atomic E-state index is -3.09. The molecule has 0 bridgehead atoms. The molecule has 0 radical (unpaired) electrons. The maximum absolute atomic E-state index is 12.9. The van der Waals surface area contributed by atoms with Crippen molar-refractivity contribution in [1.82, 2.24) is 24.3 Å². The van der Waals surface area contributed by atoms with Crippen LogP contribution < -0.4 is 5.73 Å². The first-order valence-corrected chi connectivity index (χ1v) is 12.2. The van der Waals surface area contributed by atoms with E-state index >= 15 is 0 Å². The van der Waals surface area contributed by atoms with E-state index in [1.54, 1.807) is 24.5 Å². The highest BCUT2D eigenvalue weighted by Gasteiger charge is 2.24. The Morgan fingerprint density at radius 3 is 2.65 bits per heavy atom. The summed E-state index contributed by atoms with van der Waals surface area (Å²) in [5.41, 5.74) is 13.2. The summed E-state index contributed by atoms with van der Waals surface area (Å²) in [6.07, 6.45) is 6.40. The highest BCUT2D eigenvalue weighted by Crippen LogP contribution is 2.34. The fourth-order valence-corrected chi connectivity index (χ4v) is 5.18. The Hall–Kier alpha value is -3.97. The van der Waals surface area contributed by atoms with Crippen LogP contribution in [0.2, 0.25) is 0 Å². The number of aromatic nitrogens is 3. The zero-order chi connectivity index (χ0) is 31.3. The van der Waals surface area contributed by atoms with E-state index in [1.165, 1.54) is 6.07 Å². The first-order valence-electron chi connectivity index (χ1n) is 15.2. The molecule has 0 spiro atoms. The van der Waals surface area contributed by atoms with E-state index in [0.29, 0.717) is 12.2 Å². The van der Waals surface area contributed by atoms with Gasteiger partial charge in [-0.3, -0.25) is 14.7 Å². The number of nitrogens with two attached hydrogens (primary N) is 1. The molecule has 0 aliphatic carbocycles. The Bertz CT molecular complexity index is 1690. The zero-order valence-corrected chi connectivity index (χ0v) is 21.2. The second-order valence-electron chi connectivity index (χ2n) is 9.52. The first kappa shape index (κ1) is 18.3. The van der Waals surface area contributed by atoms with Gasteiger partial charge < -0.3 is 15.2 Å². The van der Waals surface area contributed by atoms with Gasteiger partial charge in [-0.1, -0.05) is 12.1 Å². The molecule has 1 aliphatic heterocycles. The zero-order valence-electron chi connectivity index (χ0n) is 27.2. The third-order valence-corrected chi connectivity index (χ3v) is 7.27. The fourth-order valence-electron chi connectivity index (χ4n) is 5.18. The summed E-state index contributed by atoms with van der Waals surface area (Å²) in [7, 11) is 2.03. The van der Waals surface area contributed by atoms with Crippen molar-refractivity contribution < 1.29 is 13.0 Å². The van der Waals surface area contributed by atoms with Gasteiger partial charge in [0.25, 0.3) is 5.91 Å². The summed E-state index contributed by atoms with van der Waals surface area (Å²) in [5.74, 6) is -1.05. The number of carbonyl (C=O) groups excluding carboxylic acids is 1. The molecule has 1 aliphatic rings. The predicted octanol–water partition coefficient (Wildman–Crippen LogP) is 5.08. The number of hydrogen-bond acceptors (Lipinski definition) is 5. The summed E-state index contributed by atoms with van der Waals surface area (Å²) in [5, 5.41) is 1.03. The van der Waals surface area contributed by atoms with Gasteiger partial charge in [0.2, 0.25) is 0 Å². The van der Waals surface area contributed by atoms with E-state index in [-0.39, 0.29) is 16.5 Å². The van der Waals surface area contributed by atoms with Crippen molar-refractivity contribution in [2.75, 3.05) is 32.8 Å². The Morgan fingerprint density at radius 1 is 1.14 bits per heavy atom. The number of nitrogen functional groups attached to an aromatic ring is 1. The summed E-state index contributed by atoms with van der Waals surface area (Å²) in [6.45, 7) is -0.635. The second-order valence-corrected chi connectivity index (χ2v) is 9.52. The van der Waals surface area contributed by atoms with E-state index in [9.17, 15) is 4.79 Å². The summed E-state index contributed by atoms with van der Waals surface area (Å²) in [4.78, 5) is 24.4. The third-order valence-electron chi connectivity index (χ3n) is 7.27. The number of aryl methyl sites for hydroxylation is 2. The fraction of sp³-hybridized carbons (Fsp3) is 0.300. The number of rotatable bonds is 5. The number of fused-ring (bicyclic) bond motifs is 1. The van der Waals surface area contributed by atoms with Crippen LogP contribution in [0.4, 0.5) is 5.69 Å². The van der Waals surface area contributed by atoms with Crippen LogP contribution in [0.15, 0.2) is 60.9 Å². The largest absolute Gasteiger partial charge is 0.397 e. The SMILES string of the molecule is [2H]C([2H])([2H])N(C(=O)c1ccc(C2=CCN([C@@H](C)c3cc4c(-c5ccc(N)cn5)ccnc4n3C)CC2)c(C)c1)C([2H])([2H])[2H]. The van der Waals surface area contributed by atoms with Gasteiger partial charge in [-0.05, 0) is 73.4 Å². The molecule has 3 aromatic heterocycles. The average molecular weight is 501 g/mol. The lowest BCUT2D eigenvalue weighted by atomic mass is 9.93. The Labute approximate surface area is 226 Å². The maximum atomic E-state index is 12.9. The minimum absolute atomic E-state index is 0.00860. The molecule has 37 heavy (non-hydrogen) atoms. The van der Waals surface area contributed by atoms with Crippen molar-refractivity contribution in [3.05, 3.63) is 83.3 Å². The molecule has 7 nitrogen and oxygen atoms in total. The molecule has 2 N–H and O–H groups in total. The van der Waals surface area contributed by atoms with Crippen LogP contribution in [0.5, 0.6) is 0 Å². The maximum Gasteiger partial charge on any atom is 0.253 e. The molecule has 190 valence electrons. The molecule has 4 heterocycles. The van der Waals surface area contributed by atoms with Gasteiger partial charge in [0.05, 0.1) is 17.6 Å². The Morgan fingerprint density at radius 2 is 1.97 bits per heavy atom. The van der Waals surface area contributed by atoms with Crippen LogP contribution in [0.25, 0.3) is 27.9 Å². The molecule has 1 aromatic carbocycles. The number of anilines is 1. The van der Waals surface area contributed by atoms with E-state index < -0.39 is 19.9 Å². The Kier molecular flexibility index (Phi) is 4.86. The summed E-state index contributed by atoms with van der Waals surface area (Å²) in [6, 6.07) is 12.9. The van der Waals surface area contributed by atoms with Gasteiger partial charge in [0, 0.05) is 76.8 Å². The van der Waals surface area contributed by atoms with E-state index in [2.05, 4.69) is 38.5 Å². The van der Waals surface area contributed by atoms with Crippen molar-refractivity contribution in [3.8, 4) is 11.3 Å². The number of amides is 1. The number of nitrogens with zero attached hydrogens (tertiary/aromatic N) is 5. The van der Waals surface area contributed by atoms with E-state index in [1.807, 2.05) is 32.2 Å². The number of pyridine rings is 2. The van der Waals surface area contributed by atoms with Gasteiger partial charge in [-0.2, -0.15) is 0 Å². The van der Waals surface area contributed by atoms with E-state index in [0.717, 1.165) is 57.7 Å². The smallest absolute Gasteiger partial charge is 0.253 e. The molecular formula is C30H34N6O. The van der Waals surface area contributed by atoms with Crippen molar-refractivity contribution in [2.24, 2.45) is 7.05 Å². The number of benzene rings is 1. The molecule has 1 atom stereocenters. The normalized spacial score (nSPS) is 18.1. The molecule has 1 amide bonds. The number of carbonyl (C=O) groups is 1. The first-order chi connectivity index (χ1) is 20.2. The van der Waals surface area contributed by atoms with Crippen molar-refractivity contribution >= 4 is 28.2 Å². The number of hydrogen-bond donors (Lipinski definition) is 1. The second kappa shape index (κ2) is 9.82. The van der Waals surface area contributed by atoms with Crippen molar-refractivity contribution in [3.63, 3.8) is 0 Å². The van der Waals surface area contributed by atoms with Crippen molar-refractivity contribution in [2.45, 2.75) is 26.3 Å². The molecular weight excluding hydrogens is 460 g/mol. The molecule has 7 heteroatoms. The van der Waals surface area contributed by atoms with Gasteiger partial charge in [-0.15, -0.1) is 0 Å². The molecule has 0 saturated heterocycles. The molecule has 0 saturated carbocycles. The lowest BCUT2D eigenvalue weighted by Crippen LogP contribution is -2.32. The standard InChI is InChI=1S/C30H34N6O/c1-19-16-22(30(37)34(3)4)6-8-24(19)21-11-14-36(15-12-21)20(2)28-17-26-25(10-13-32-29(26)35(28)5)27-9-7-23(31)18-33-27/h6-11,13,16-18,20H,12,14-15,31H2,1-5H3/t20-/m0/s1/i3D3,4D3. The van der Waals surface area contributed by atoms with Crippen LogP contribution in [-0.2, 0) is 7.05 Å². The van der Waals surface area contributed by atoms with E-state index in [4.69, 9.17) is 14.0 Å². The average Bonchev–Trinajstić information content (AvgIpc) is 3.28. The van der Waals surface area contributed by atoms with Crippen molar-refractivity contribution in [1.29, 1.82) is 0 Å². The summed E-state index contributed by atoms with van der Waals surface area (Å²) >= 11 is 0. The molecule has 0 fully saturated rings. The third kappa shape index (κ3) is 4.62. The van der Waals surface area contributed by atoms with Crippen LogP contribution in [0.1, 0.15) is 54.8 Å². The van der Waals surface area contributed by atoms with Crippen LogP contribution in [0.3, 0.4) is 0 Å².